The van der Waals surface area contributed by atoms with Crippen LogP contribution in [-0.4, -0.2) is 12.3 Å². The molecule has 4 nitrogen and oxygen atoms in total. The molecular formula is C25H21Cl4NO3. The predicted octanol–water partition coefficient (Wildman–Crippen LogP) is 8.21. The smallest absolute Gasteiger partial charge is 0.157 e. The summed E-state index contributed by atoms with van der Waals surface area (Å²) in [6, 6.07) is 21.0. The summed E-state index contributed by atoms with van der Waals surface area (Å²) < 4.78 is 11.5. The second kappa shape index (κ2) is 12.8. The van der Waals surface area contributed by atoms with E-state index in [1.807, 2.05) is 61.5 Å². The van der Waals surface area contributed by atoms with E-state index in [0.717, 1.165) is 22.4 Å². The molecule has 0 atom stereocenters. The first-order valence-corrected chi connectivity index (χ1v) is 11.5. The molecule has 172 valence electrons. The number of hydrogen-bond donors (Lipinski definition) is 0. The Morgan fingerprint density at radius 3 is 2.12 bits per heavy atom. The second-order valence-corrected chi connectivity index (χ2v) is 8.76. The summed E-state index contributed by atoms with van der Waals surface area (Å²) in [5.41, 5.74) is 3.75. The van der Waals surface area contributed by atoms with Crippen LogP contribution in [0.15, 0.2) is 82.5 Å². The highest BCUT2D eigenvalue weighted by Crippen LogP contribution is 2.37. The Labute approximate surface area is 213 Å². The van der Waals surface area contributed by atoms with Crippen molar-refractivity contribution in [3.63, 3.8) is 0 Å². The van der Waals surface area contributed by atoms with E-state index in [0.29, 0.717) is 34.8 Å². The van der Waals surface area contributed by atoms with E-state index in [-0.39, 0.29) is 11.1 Å². The largest absolute Gasteiger partial charge is 0.489 e. The van der Waals surface area contributed by atoms with Crippen molar-refractivity contribution in [2.24, 2.45) is 5.16 Å². The second-order valence-electron chi connectivity index (χ2n) is 6.94. The fourth-order valence-electron chi connectivity index (χ4n) is 2.79. The number of oxime groups is 1. The highest BCUT2D eigenvalue weighted by atomic mass is 35.5. The van der Waals surface area contributed by atoms with Crippen LogP contribution in [0, 0.1) is 0 Å². The van der Waals surface area contributed by atoms with Crippen molar-refractivity contribution in [2.75, 3.05) is 6.61 Å². The number of hydrogen-bond acceptors (Lipinski definition) is 4. The van der Waals surface area contributed by atoms with Gasteiger partial charge in [0.25, 0.3) is 0 Å². The average molecular weight is 525 g/mol. The van der Waals surface area contributed by atoms with Crippen LogP contribution in [-0.2, 0) is 18.1 Å². The van der Waals surface area contributed by atoms with Crippen LogP contribution in [0.4, 0.5) is 0 Å². The van der Waals surface area contributed by atoms with E-state index in [9.17, 15) is 0 Å². The topological polar surface area (TPSA) is 40.0 Å². The maximum absolute atomic E-state index is 6.32. The van der Waals surface area contributed by atoms with Gasteiger partial charge in [0.1, 0.15) is 30.1 Å². The number of ether oxygens (including phenoxy) is 2. The maximum atomic E-state index is 6.32. The van der Waals surface area contributed by atoms with E-state index in [4.69, 9.17) is 60.7 Å². The van der Waals surface area contributed by atoms with Crippen molar-refractivity contribution in [1.82, 2.24) is 0 Å². The molecule has 0 radical (unpaired) electrons. The molecule has 8 heteroatoms. The molecule has 0 unspecified atom stereocenters. The van der Waals surface area contributed by atoms with Crippen molar-refractivity contribution in [3.05, 3.63) is 104 Å². The molecule has 0 aliphatic rings. The van der Waals surface area contributed by atoms with Gasteiger partial charge >= 0.3 is 0 Å². The molecule has 33 heavy (non-hydrogen) atoms. The summed E-state index contributed by atoms with van der Waals surface area (Å²) in [5.74, 6) is 0.865. The zero-order chi connectivity index (χ0) is 23.6. The Bertz CT molecular complexity index is 1090. The lowest BCUT2D eigenvalue weighted by Gasteiger charge is -2.12. The molecule has 3 rings (SSSR count). The zero-order valence-corrected chi connectivity index (χ0v) is 20.8. The minimum Gasteiger partial charge on any atom is -0.489 e. The van der Waals surface area contributed by atoms with Crippen molar-refractivity contribution in [3.8, 4) is 11.5 Å². The average Bonchev–Trinajstić information content (AvgIpc) is 2.79. The number of nitrogens with zero attached hydrogens (tertiary/aromatic N) is 1. The van der Waals surface area contributed by atoms with Gasteiger partial charge in [0.2, 0.25) is 0 Å². The summed E-state index contributed by atoms with van der Waals surface area (Å²) in [6.45, 7) is 2.82. The van der Waals surface area contributed by atoms with Gasteiger partial charge in [0.05, 0.1) is 15.8 Å². The van der Waals surface area contributed by atoms with Crippen LogP contribution in [0.1, 0.15) is 23.6 Å². The molecular weight excluding hydrogens is 504 g/mol. The van der Waals surface area contributed by atoms with Gasteiger partial charge in [0.15, 0.2) is 5.75 Å². The number of benzene rings is 3. The molecule has 0 aromatic heterocycles. The Morgan fingerprint density at radius 1 is 0.848 bits per heavy atom. The van der Waals surface area contributed by atoms with Gasteiger partial charge in [-0.3, -0.25) is 0 Å². The van der Waals surface area contributed by atoms with Gasteiger partial charge in [-0.1, -0.05) is 106 Å². The molecule has 0 N–H and O–H groups in total. The van der Waals surface area contributed by atoms with Crippen molar-refractivity contribution in [1.29, 1.82) is 0 Å². The maximum Gasteiger partial charge on any atom is 0.157 e. The first-order chi connectivity index (χ1) is 15.9. The van der Waals surface area contributed by atoms with Crippen LogP contribution in [0.5, 0.6) is 11.5 Å². The molecule has 0 aliphatic heterocycles. The van der Waals surface area contributed by atoms with Crippen molar-refractivity contribution in [2.45, 2.75) is 20.1 Å². The molecule has 0 saturated carbocycles. The normalized spacial score (nSPS) is 11.1. The predicted molar refractivity (Wildman–Crippen MR) is 136 cm³/mol. The first-order valence-electron chi connectivity index (χ1n) is 9.98. The number of rotatable bonds is 10. The third-order valence-corrected chi connectivity index (χ3v) is 5.36. The molecule has 3 aromatic carbocycles. The highest BCUT2D eigenvalue weighted by Gasteiger charge is 2.11. The van der Waals surface area contributed by atoms with Gasteiger partial charge in [0, 0.05) is 12.1 Å². The Kier molecular flexibility index (Phi) is 9.76. The lowest BCUT2D eigenvalue weighted by Crippen LogP contribution is -2.00. The molecule has 0 fully saturated rings. The van der Waals surface area contributed by atoms with Crippen LogP contribution in [0.25, 0.3) is 0 Å². The summed E-state index contributed by atoms with van der Waals surface area (Å²) >= 11 is 23.8. The molecule has 3 aromatic rings. The molecule has 0 spiro atoms. The fourth-order valence-corrected chi connectivity index (χ4v) is 3.49. The first kappa shape index (κ1) is 25.3. The summed E-state index contributed by atoms with van der Waals surface area (Å²) in [4.78, 5) is 5.45. The third-order valence-electron chi connectivity index (χ3n) is 4.49. The minimum atomic E-state index is 0.124. The Hall–Kier alpha value is -2.37. The molecule has 0 bridgehead atoms. The van der Waals surface area contributed by atoms with Gasteiger partial charge in [-0.25, -0.2) is 0 Å². The molecule has 0 aliphatic carbocycles. The Balaban J connectivity index is 1.55. The van der Waals surface area contributed by atoms with Crippen LogP contribution < -0.4 is 9.47 Å². The van der Waals surface area contributed by atoms with Gasteiger partial charge < -0.3 is 14.3 Å². The van der Waals surface area contributed by atoms with Gasteiger partial charge in [-0.05, 0) is 29.7 Å². The number of halogens is 4. The molecule has 0 heterocycles. The third kappa shape index (κ3) is 8.17. The molecule has 0 amide bonds. The van der Waals surface area contributed by atoms with E-state index >= 15 is 0 Å². The van der Waals surface area contributed by atoms with E-state index in [2.05, 4.69) is 5.16 Å². The van der Waals surface area contributed by atoms with Crippen LogP contribution in [0.2, 0.25) is 10.0 Å². The monoisotopic (exact) mass is 523 g/mol. The quantitative estimate of drug-likeness (QED) is 0.198. The Morgan fingerprint density at radius 2 is 1.48 bits per heavy atom. The van der Waals surface area contributed by atoms with Crippen LogP contribution in [0.3, 0.4) is 0 Å². The summed E-state index contributed by atoms with van der Waals surface area (Å²) in [6.07, 6.45) is 1.51. The highest BCUT2D eigenvalue weighted by molar-refractivity contribution is 6.55. The van der Waals surface area contributed by atoms with E-state index < -0.39 is 0 Å². The van der Waals surface area contributed by atoms with Gasteiger partial charge in [-0.15, -0.1) is 0 Å². The van der Waals surface area contributed by atoms with E-state index in [1.54, 1.807) is 12.1 Å². The SMILES string of the molecule is CC(=NOCc1ccccc1)c1ccc(COc2c(Cl)cc(OCC=C(Cl)Cl)cc2Cl)cc1. The zero-order valence-electron chi connectivity index (χ0n) is 17.7. The lowest BCUT2D eigenvalue weighted by molar-refractivity contribution is 0.130. The summed E-state index contributed by atoms with van der Waals surface area (Å²) in [5, 5.41) is 4.88. The fraction of sp³-hybridized carbons (Fsp3) is 0.160. The van der Waals surface area contributed by atoms with Crippen molar-refractivity contribution >= 4 is 52.1 Å². The van der Waals surface area contributed by atoms with Gasteiger partial charge in [-0.2, -0.15) is 0 Å². The minimum absolute atomic E-state index is 0.124. The standard InChI is InChI=1S/C25H21Cl4NO3/c1-17(30-33-16-18-5-3-2-4-6-18)20-9-7-19(8-10-20)15-32-25-22(26)13-21(14-23(25)27)31-12-11-24(28)29/h2-11,13-14H,12,15-16H2,1H3. The summed E-state index contributed by atoms with van der Waals surface area (Å²) in [7, 11) is 0. The molecule has 0 saturated heterocycles. The lowest BCUT2D eigenvalue weighted by atomic mass is 10.1. The van der Waals surface area contributed by atoms with Crippen molar-refractivity contribution < 1.29 is 14.3 Å². The van der Waals surface area contributed by atoms with Crippen LogP contribution >= 0.6 is 46.4 Å². The van der Waals surface area contributed by atoms with E-state index in [1.165, 1.54) is 6.08 Å².